The third kappa shape index (κ3) is 3.23. The Balaban J connectivity index is 1.90. The van der Waals surface area contributed by atoms with Gasteiger partial charge in [-0.3, -0.25) is 0 Å². The molecule has 1 N–H and O–H groups in total. The van der Waals surface area contributed by atoms with Gasteiger partial charge in [0.25, 0.3) is 0 Å². The minimum atomic E-state index is -4.36. The molecule has 0 amide bonds. The van der Waals surface area contributed by atoms with E-state index in [-0.39, 0.29) is 0 Å². The summed E-state index contributed by atoms with van der Waals surface area (Å²) < 4.78 is 39.4. The SMILES string of the molecule is Cc1nn(-c2ccccc2)c(Cl)c1Nc1ccc(C(F)(F)F)cc1. The van der Waals surface area contributed by atoms with Gasteiger partial charge in [0.2, 0.25) is 0 Å². The zero-order chi connectivity index (χ0) is 17.3. The van der Waals surface area contributed by atoms with Crippen molar-refractivity contribution in [2.75, 3.05) is 5.32 Å². The van der Waals surface area contributed by atoms with E-state index in [1.165, 1.54) is 12.1 Å². The molecule has 3 aromatic rings. The first-order valence-electron chi connectivity index (χ1n) is 7.11. The van der Waals surface area contributed by atoms with E-state index in [1.54, 1.807) is 11.6 Å². The number of anilines is 2. The fourth-order valence-electron chi connectivity index (χ4n) is 2.27. The van der Waals surface area contributed by atoms with Crippen LogP contribution in [0.1, 0.15) is 11.3 Å². The van der Waals surface area contributed by atoms with Gasteiger partial charge in [-0.15, -0.1) is 0 Å². The van der Waals surface area contributed by atoms with Gasteiger partial charge in [-0.1, -0.05) is 29.8 Å². The molecule has 0 aliphatic carbocycles. The van der Waals surface area contributed by atoms with Crippen molar-refractivity contribution in [3.05, 3.63) is 71.0 Å². The van der Waals surface area contributed by atoms with Crippen LogP contribution in [0.25, 0.3) is 5.69 Å². The number of hydrogen-bond donors (Lipinski definition) is 1. The number of benzene rings is 2. The topological polar surface area (TPSA) is 29.9 Å². The molecule has 7 heteroatoms. The highest BCUT2D eigenvalue weighted by Gasteiger charge is 2.30. The van der Waals surface area contributed by atoms with Crippen molar-refractivity contribution in [2.24, 2.45) is 0 Å². The van der Waals surface area contributed by atoms with E-state index in [0.29, 0.717) is 22.2 Å². The third-order valence-corrected chi connectivity index (χ3v) is 3.84. The number of hydrogen-bond acceptors (Lipinski definition) is 2. The van der Waals surface area contributed by atoms with Gasteiger partial charge in [0, 0.05) is 5.69 Å². The number of aryl methyl sites for hydroxylation is 1. The first kappa shape index (κ1) is 16.4. The van der Waals surface area contributed by atoms with Crippen LogP contribution in [-0.2, 0) is 6.18 Å². The molecule has 0 unspecified atom stereocenters. The Kier molecular flexibility index (Phi) is 4.24. The van der Waals surface area contributed by atoms with Crippen molar-refractivity contribution >= 4 is 23.0 Å². The van der Waals surface area contributed by atoms with E-state index >= 15 is 0 Å². The maximum Gasteiger partial charge on any atom is 0.416 e. The lowest BCUT2D eigenvalue weighted by atomic mass is 10.2. The molecule has 3 nitrogen and oxygen atoms in total. The fraction of sp³-hybridized carbons (Fsp3) is 0.118. The summed E-state index contributed by atoms with van der Waals surface area (Å²) in [6, 6.07) is 14.1. The second-order valence-electron chi connectivity index (χ2n) is 5.20. The Morgan fingerprint density at radius 2 is 1.62 bits per heavy atom. The quantitative estimate of drug-likeness (QED) is 0.666. The van der Waals surface area contributed by atoms with Gasteiger partial charge in [-0.05, 0) is 43.3 Å². The molecule has 3 rings (SSSR count). The molecule has 0 spiro atoms. The summed E-state index contributed by atoms with van der Waals surface area (Å²) in [5, 5.41) is 7.76. The van der Waals surface area contributed by atoms with Crippen LogP contribution in [0, 0.1) is 6.92 Å². The van der Waals surface area contributed by atoms with Crippen molar-refractivity contribution in [3.8, 4) is 5.69 Å². The first-order chi connectivity index (χ1) is 11.4. The number of nitrogens with one attached hydrogen (secondary N) is 1. The lowest BCUT2D eigenvalue weighted by molar-refractivity contribution is -0.137. The number of halogens is 4. The Hall–Kier alpha value is -2.47. The number of rotatable bonds is 3. The lowest BCUT2D eigenvalue weighted by Gasteiger charge is -2.09. The van der Waals surface area contributed by atoms with Crippen LogP contribution in [-0.4, -0.2) is 9.78 Å². The highest BCUT2D eigenvalue weighted by atomic mass is 35.5. The largest absolute Gasteiger partial charge is 0.416 e. The molecule has 1 heterocycles. The molecule has 0 fully saturated rings. The smallest absolute Gasteiger partial charge is 0.351 e. The molecule has 0 saturated carbocycles. The normalized spacial score (nSPS) is 11.5. The van der Waals surface area contributed by atoms with Gasteiger partial charge >= 0.3 is 6.18 Å². The van der Waals surface area contributed by atoms with E-state index in [2.05, 4.69) is 10.4 Å². The molecule has 2 aromatic carbocycles. The minimum absolute atomic E-state index is 0.360. The highest BCUT2D eigenvalue weighted by Crippen LogP contribution is 2.33. The summed E-state index contributed by atoms with van der Waals surface area (Å²) in [6.45, 7) is 1.78. The zero-order valence-electron chi connectivity index (χ0n) is 12.6. The van der Waals surface area contributed by atoms with E-state index in [1.807, 2.05) is 30.3 Å². The predicted octanol–water partition coefficient (Wildman–Crippen LogP) is 5.60. The number of para-hydroxylation sites is 1. The minimum Gasteiger partial charge on any atom is -0.351 e. The molecule has 24 heavy (non-hydrogen) atoms. The van der Waals surface area contributed by atoms with Crippen LogP contribution in [0.5, 0.6) is 0 Å². The average molecular weight is 352 g/mol. The lowest BCUT2D eigenvalue weighted by Crippen LogP contribution is -2.04. The summed E-state index contributed by atoms with van der Waals surface area (Å²) in [5.41, 5.74) is 1.80. The van der Waals surface area contributed by atoms with Crippen LogP contribution >= 0.6 is 11.6 Å². The van der Waals surface area contributed by atoms with Crippen molar-refractivity contribution in [2.45, 2.75) is 13.1 Å². The van der Waals surface area contributed by atoms with Gasteiger partial charge in [0.05, 0.1) is 22.6 Å². The molecule has 1 aromatic heterocycles. The molecule has 124 valence electrons. The van der Waals surface area contributed by atoms with Gasteiger partial charge in [-0.2, -0.15) is 18.3 Å². The Bertz CT molecular complexity index is 840. The van der Waals surface area contributed by atoms with Gasteiger partial charge in [0.1, 0.15) is 0 Å². The van der Waals surface area contributed by atoms with E-state index in [0.717, 1.165) is 17.8 Å². The molecule has 0 atom stereocenters. The van der Waals surface area contributed by atoms with Crippen molar-refractivity contribution < 1.29 is 13.2 Å². The standard InChI is InChI=1S/C17H13ClF3N3/c1-11-15(16(18)24(23-11)14-5-3-2-4-6-14)22-13-9-7-12(8-10-13)17(19,20)21/h2-10,22H,1H3. The van der Waals surface area contributed by atoms with Crippen molar-refractivity contribution in [1.82, 2.24) is 9.78 Å². The maximum atomic E-state index is 12.6. The van der Waals surface area contributed by atoms with E-state index < -0.39 is 11.7 Å². The third-order valence-electron chi connectivity index (χ3n) is 3.49. The van der Waals surface area contributed by atoms with Crippen LogP contribution in [0.4, 0.5) is 24.5 Å². The molecule has 0 radical (unpaired) electrons. The second-order valence-corrected chi connectivity index (χ2v) is 5.56. The second kappa shape index (κ2) is 6.20. The predicted molar refractivity (Wildman–Crippen MR) is 88.0 cm³/mol. The Morgan fingerprint density at radius 1 is 1.00 bits per heavy atom. The van der Waals surface area contributed by atoms with Crippen LogP contribution in [0.3, 0.4) is 0 Å². The summed E-state index contributed by atoms with van der Waals surface area (Å²) >= 11 is 6.38. The van der Waals surface area contributed by atoms with Crippen LogP contribution < -0.4 is 5.32 Å². The zero-order valence-corrected chi connectivity index (χ0v) is 13.4. The molecule has 0 aliphatic rings. The summed E-state index contributed by atoms with van der Waals surface area (Å²) in [4.78, 5) is 0. The van der Waals surface area contributed by atoms with Gasteiger partial charge in [0.15, 0.2) is 5.15 Å². The highest BCUT2D eigenvalue weighted by molar-refractivity contribution is 6.32. The molecule has 0 saturated heterocycles. The Morgan fingerprint density at radius 3 is 2.21 bits per heavy atom. The van der Waals surface area contributed by atoms with Crippen LogP contribution in [0.2, 0.25) is 5.15 Å². The van der Waals surface area contributed by atoms with Crippen molar-refractivity contribution in [1.29, 1.82) is 0 Å². The van der Waals surface area contributed by atoms with Crippen molar-refractivity contribution in [3.63, 3.8) is 0 Å². The molecule has 0 aliphatic heterocycles. The van der Waals surface area contributed by atoms with Gasteiger partial charge < -0.3 is 5.32 Å². The molecular weight excluding hydrogens is 339 g/mol. The van der Waals surface area contributed by atoms with Gasteiger partial charge in [-0.25, -0.2) is 4.68 Å². The fourth-order valence-corrected chi connectivity index (χ4v) is 2.59. The Labute approximate surface area is 141 Å². The average Bonchev–Trinajstić information content (AvgIpc) is 2.83. The number of nitrogens with zero attached hydrogens (tertiary/aromatic N) is 2. The first-order valence-corrected chi connectivity index (χ1v) is 7.49. The monoisotopic (exact) mass is 351 g/mol. The number of aromatic nitrogens is 2. The van der Waals surface area contributed by atoms with E-state index in [4.69, 9.17) is 11.6 Å². The van der Waals surface area contributed by atoms with E-state index in [9.17, 15) is 13.2 Å². The molecular formula is C17H13ClF3N3. The summed E-state index contributed by atoms with van der Waals surface area (Å²) in [6.07, 6.45) is -4.36. The van der Waals surface area contributed by atoms with Crippen LogP contribution in [0.15, 0.2) is 54.6 Å². The maximum absolute atomic E-state index is 12.6. The molecule has 0 bridgehead atoms. The summed E-state index contributed by atoms with van der Waals surface area (Å²) in [5.74, 6) is 0. The number of alkyl halides is 3. The summed E-state index contributed by atoms with van der Waals surface area (Å²) in [7, 11) is 0.